The van der Waals surface area contributed by atoms with Gasteiger partial charge in [0.2, 0.25) is 11.8 Å². The number of alkyl halides is 3. The number of ether oxygens (including phenoxy) is 3. The van der Waals surface area contributed by atoms with E-state index >= 15 is 0 Å². The minimum absolute atomic E-state index is 0.0838. The number of halogens is 3. The molecule has 326 valence electrons. The molecule has 1 aliphatic heterocycles. The summed E-state index contributed by atoms with van der Waals surface area (Å²) in [6, 6.07) is 13.9. The topological polar surface area (TPSA) is 182 Å². The van der Waals surface area contributed by atoms with Crippen LogP contribution in [0.4, 0.5) is 18.0 Å². The molecule has 18 heteroatoms. The molecule has 3 fully saturated rings. The average Bonchev–Trinajstić information content (AvgIpc) is 3.75. The molecule has 3 aromatic rings. The number of rotatable bonds is 13. The molecule has 0 bridgehead atoms. The quantitative estimate of drug-likeness (QED) is 0.175. The molecule has 1 aromatic heterocycles. The summed E-state index contributed by atoms with van der Waals surface area (Å²) in [6.07, 6.45) is 3.14. The van der Waals surface area contributed by atoms with Gasteiger partial charge in [-0.15, -0.1) is 0 Å². The molecule has 2 unspecified atom stereocenters. The summed E-state index contributed by atoms with van der Waals surface area (Å²) in [5.41, 5.74) is -6.75. The Morgan fingerprint density at radius 2 is 1.70 bits per heavy atom. The van der Waals surface area contributed by atoms with Crippen molar-refractivity contribution < 1.29 is 55.0 Å². The van der Waals surface area contributed by atoms with E-state index in [4.69, 9.17) is 19.2 Å². The van der Waals surface area contributed by atoms with Gasteiger partial charge < -0.3 is 29.7 Å². The number of fused-ring (bicyclic) bond motifs is 1. The van der Waals surface area contributed by atoms with Crippen molar-refractivity contribution in [3.8, 4) is 22.8 Å². The lowest BCUT2D eigenvalue weighted by atomic mass is 9.84. The maximum atomic E-state index is 14.8. The van der Waals surface area contributed by atoms with E-state index in [1.165, 1.54) is 12.0 Å². The number of hydrogen-bond donors (Lipinski definition) is 3. The Balaban J connectivity index is 1.36. The van der Waals surface area contributed by atoms with Crippen LogP contribution in [0, 0.1) is 11.8 Å². The summed E-state index contributed by atoms with van der Waals surface area (Å²) >= 11 is 0. The first kappa shape index (κ1) is 44.4. The summed E-state index contributed by atoms with van der Waals surface area (Å²) in [7, 11) is -4.56. The molecule has 60 heavy (non-hydrogen) atoms. The maximum absolute atomic E-state index is 14.8. The van der Waals surface area contributed by atoms with Crippen LogP contribution in [0.1, 0.15) is 85.5 Å². The number of nitrogens with one attached hydrogen (secondary N) is 3. The van der Waals surface area contributed by atoms with Crippen molar-refractivity contribution in [3.05, 3.63) is 54.6 Å². The van der Waals surface area contributed by atoms with E-state index in [1.807, 2.05) is 30.3 Å². The van der Waals surface area contributed by atoms with Crippen LogP contribution in [-0.2, 0) is 29.1 Å². The highest BCUT2D eigenvalue weighted by Gasteiger charge is 2.63. The Morgan fingerprint density at radius 1 is 1.00 bits per heavy atom. The normalized spacial score (nSPS) is 22.7. The second-order valence-electron chi connectivity index (χ2n) is 16.8. The van der Waals surface area contributed by atoms with Gasteiger partial charge in [0.05, 0.1) is 24.9 Å². The zero-order valence-electron chi connectivity index (χ0n) is 34.3. The molecule has 6 rings (SSSR count). The lowest BCUT2D eigenvalue weighted by Crippen LogP contribution is -2.59. The van der Waals surface area contributed by atoms with E-state index in [0.29, 0.717) is 28.1 Å². The number of carbonyl (C=O) groups is 4. The van der Waals surface area contributed by atoms with Crippen molar-refractivity contribution >= 4 is 44.7 Å². The second-order valence-corrected chi connectivity index (χ2v) is 18.5. The van der Waals surface area contributed by atoms with Crippen LogP contribution in [0.3, 0.4) is 0 Å². The first-order valence-electron chi connectivity index (χ1n) is 20.2. The van der Waals surface area contributed by atoms with Crippen LogP contribution in [0.15, 0.2) is 54.6 Å². The van der Waals surface area contributed by atoms with Crippen molar-refractivity contribution in [2.45, 2.75) is 120 Å². The zero-order chi connectivity index (χ0) is 43.6. The second kappa shape index (κ2) is 17.5. The molecular weight excluding hydrogens is 808 g/mol. The molecule has 14 nitrogen and oxygen atoms in total. The van der Waals surface area contributed by atoms with Crippen LogP contribution in [0.2, 0.25) is 0 Å². The number of hydrogen-bond acceptors (Lipinski definition) is 10. The van der Waals surface area contributed by atoms with E-state index < -0.39 is 74.6 Å². The molecule has 2 aliphatic carbocycles. The molecule has 4 amide bonds. The van der Waals surface area contributed by atoms with Gasteiger partial charge in [0.15, 0.2) is 0 Å². The van der Waals surface area contributed by atoms with Crippen LogP contribution >= 0.6 is 0 Å². The van der Waals surface area contributed by atoms with E-state index in [9.17, 15) is 40.8 Å². The third-order valence-corrected chi connectivity index (χ3v) is 12.4. The number of likely N-dealkylation sites (tertiary alicyclic amines) is 1. The number of carbonyl (C=O) groups excluding carboxylic acids is 4. The summed E-state index contributed by atoms with van der Waals surface area (Å²) in [4.78, 5) is 61.9. The van der Waals surface area contributed by atoms with Crippen molar-refractivity contribution in [2.75, 3.05) is 13.7 Å². The third kappa shape index (κ3) is 10.1. The Labute approximate surface area is 347 Å². The third-order valence-electron chi connectivity index (χ3n) is 11.4. The van der Waals surface area contributed by atoms with E-state index in [2.05, 4.69) is 10.6 Å². The molecule has 5 atom stereocenters. The first-order chi connectivity index (χ1) is 28.2. The fourth-order valence-electron chi connectivity index (χ4n) is 8.22. The summed E-state index contributed by atoms with van der Waals surface area (Å²) in [5, 5.41) is 5.89. The van der Waals surface area contributed by atoms with Gasteiger partial charge >= 0.3 is 21.6 Å². The number of alkyl carbamates (subject to hydrolysis) is 1. The predicted octanol–water partition coefficient (Wildman–Crippen LogP) is 6.37. The molecular formula is C42H52F3N5O9S. The Bertz CT molecular complexity index is 2200. The molecule has 2 aromatic carbocycles. The Morgan fingerprint density at radius 3 is 2.32 bits per heavy atom. The summed E-state index contributed by atoms with van der Waals surface area (Å²) < 4.78 is 82.7. The predicted molar refractivity (Wildman–Crippen MR) is 215 cm³/mol. The fourth-order valence-corrected chi connectivity index (χ4v) is 8.77. The molecule has 1 saturated heterocycles. The number of amides is 4. The number of aromatic nitrogens is 1. The monoisotopic (exact) mass is 859 g/mol. The van der Waals surface area contributed by atoms with Crippen LogP contribution in [-0.4, -0.2) is 90.6 Å². The van der Waals surface area contributed by atoms with E-state index in [1.54, 1.807) is 52.0 Å². The lowest BCUT2D eigenvalue weighted by molar-refractivity contribution is -0.141. The van der Waals surface area contributed by atoms with Gasteiger partial charge in [-0.05, 0) is 57.6 Å². The Kier molecular flexibility index (Phi) is 12.9. The van der Waals surface area contributed by atoms with Crippen molar-refractivity contribution in [3.63, 3.8) is 0 Å². The Hall–Kier alpha value is -5.13. The van der Waals surface area contributed by atoms with Gasteiger partial charge in [-0.2, -0.15) is 21.6 Å². The van der Waals surface area contributed by atoms with Gasteiger partial charge in [-0.25, -0.2) is 14.5 Å². The van der Waals surface area contributed by atoms with Gasteiger partial charge in [-0.3, -0.25) is 14.4 Å². The molecule has 3 N–H and O–H groups in total. The van der Waals surface area contributed by atoms with Crippen molar-refractivity contribution in [1.82, 2.24) is 25.2 Å². The smallest absolute Gasteiger partial charge is 0.497 e. The maximum Gasteiger partial charge on any atom is 0.516 e. The first-order valence-corrected chi connectivity index (χ1v) is 21.7. The number of methoxy groups -OCH3 is 1. The molecule has 3 aliphatic rings. The summed E-state index contributed by atoms with van der Waals surface area (Å²) in [6.45, 7) is 6.54. The highest BCUT2D eigenvalue weighted by atomic mass is 32.2. The van der Waals surface area contributed by atoms with Gasteiger partial charge in [0, 0.05) is 29.5 Å². The van der Waals surface area contributed by atoms with E-state index in [-0.39, 0.29) is 38.1 Å². The number of nitrogens with zero attached hydrogens (tertiary/aromatic N) is 2. The van der Waals surface area contributed by atoms with Crippen LogP contribution in [0.25, 0.3) is 22.2 Å². The lowest BCUT2D eigenvalue weighted by Gasteiger charge is -2.32. The average molecular weight is 860 g/mol. The number of pyridine rings is 1. The highest BCUT2D eigenvalue weighted by Crippen LogP contribution is 2.47. The molecule has 0 radical (unpaired) electrons. The van der Waals surface area contributed by atoms with Crippen LogP contribution in [0.5, 0.6) is 11.5 Å². The van der Waals surface area contributed by atoms with Crippen molar-refractivity contribution in [2.24, 2.45) is 11.8 Å². The van der Waals surface area contributed by atoms with Crippen LogP contribution < -0.4 is 24.8 Å². The van der Waals surface area contributed by atoms with Gasteiger partial charge in [0.1, 0.15) is 40.8 Å². The zero-order valence-corrected chi connectivity index (χ0v) is 35.1. The standard InChI is InChI=1S/C42H52F3N5O9S/c1-6-27-23-41(27,38(53)49-60(55,56)42(43,44)45)48-36(51)34-21-29(24-50(34)37(52)33(19-25-13-9-7-10-14-25)47-39(54)59-40(2,3)4)58-35-22-31(26-15-11-8-12-16-26)46-32-20-28(57-5)17-18-30(32)35/h8,11-12,15-18,20,22,25,27,29,33-34H,6-7,9-10,13-14,19,21,23-24H2,1-5H3,(H,47,54)(H,48,51)(H,49,53)/t27?,29-,33+,34+,41?/m1/s1. The van der Waals surface area contributed by atoms with Crippen molar-refractivity contribution in [1.29, 1.82) is 0 Å². The van der Waals surface area contributed by atoms with Gasteiger partial charge in [0.25, 0.3) is 5.91 Å². The molecule has 2 heterocycles. The summed E-state index contributed by atoms with van der Waals surface area (Å²) in [5.74, 6) is -2.72. The minimum Gasteiger partial charge on any atom is -0.497 e. The largest absolute Gasteiger partial charge is 0.516 e. The highest BCUT2D eigenvalue weighted by molar-refractivity contribution is 7.90. The SMILES string of the molecule is CCC1CC1(NC(=O)[C@@H]1C[C@@H](Oc2cc(-c3ccccc3)nc3cc(OC)ccc23)CN1C(=O)[C@H](CC1CCCCC1)NC(=O)OC(C)(C)C)C(=O)NS(=O)(=O)C(F)(F)F. The molecule has 0 spiro atoms. The minimum atomic E-state index is -6.09. The van der Waals surface area contributed by atoms with E-state index in [0.717, 1.165) is 42.4 Å². The number of sulfonamides is 1. The van der Waals surface area contributed by atoms with Gasteiger partial charge in [-0.1, -0.05) is 75.8 Å². The molecule has 2 saturated carbocycles. The fraction of sp³-hybridized carbons (Fsp3) is 0.548. The number of benzene rings is 2.